The van der Waals surface area contributed by atoms with Gasteiger partial charge >= 0.3 is 0 Å². The molecule has 3 aliphatic heterocycles. The van der Waals surface area contributed by atoms with Gasteiger partial charge in [-0.3, -0.25) is 9.69 Å². The zero-order valence-electron chi connectivity index (χ0n) is 13.7. The zero-order chi connectivity index (χ0) is 16.7. The maximum Gasteiger partial charge on any atom is 0.280 e. The van der Waals surface area contributed by atoms with Gasteiger partial charge in [0.25, 0.3) is 5.91 Å². The van der Waals surface area contributed by atoms with E-state index >= 15 is 0 Å². The Morgan fingerprint density at radius 3 is 2.79 bits per heavy atom. The van der Waals surface area contributed by atoms with Crippen molar-refractivity contribution in [2.45, 2.75) is 31.8 Å². The molecule has 3 fully saturated rings. The molecule has 1 aromatic heterocycles. The maximum absolute atomic E-state index is 12.7. The number of nitrogen functional groups attached to an aromatic ring is 1. The van der Waals surface area contributed by atoms with E-state index in [-0.39, 0.29) is 11.9 Å². The number of piperidine rings is 3. The van der Waals surface area contributed by atoms with Crippen LogP contribution in [0.25, 0.3) is 10.4 Å². The molecule has 4 heterocycles. The summed E-state index contributed by atoms with van der Waals surface area (Å²) < 4.78 is 0. The van der Waals surface area contributed by atoms with Crippen molar-refractivity contribution in [1.29, 1.82) is 0 Å². The number of amides is 1. The summed E-state index contributed by atoms with van der Waals surface area (Å²) in [6, 6.07) is 8.31. The lowest BCUT2D eigenvalue weighted by Crippen LogP contribution is -2.62. The number of thiazole rings is 1. The van der Waals surface area contributed by atoms with Crippen LogP contribution in [0.1, 0.15) is 29.6 Å². The first-order valence-electron chi connectivity index (χ1n) is 8.49. The molecule has 2 atom stereocenters. The van der Waals surface area contributed by atoms with Crippen molar-refractivity contribution in [3.8, 4) is 10.4 Å². The molecule has 5 rings (SSSR count). The Kier molecular flexibility index (Phi) is 4.02. The highest BCUT2D eigenvalue weighted by atomic mass is 32.1. The lowest BCUT2D eigenvalue weighted by Gasteiger charge is -2.49. The number of nitrogens with one attached hydrogen (secondary N) is 1. The van der Waals surface area contributed by atoms with Crippen LogP contribution in [-0.4, -0.2) is 41.0 Å². The summed E-state index contributed by atoms with van der Waals surface area (Å²) in [5, 5.41) is 3.74. The van der Waals surface area contributed by atoms with E-state index in [9.17, 15) is 4.79 Å². The topological polar surface area (TPSA) is 71.2 Å². The average molecular weight is 342 g/mol. The molecule has 2 aromatic rings. The molecule has 0 saturated carbocycles. The maximum atomic E-state index is 12.7. The van der Waals surface area contributed by atoms with Gasteiger partial charge in [0, 0.05) is 29.5 Å². The van der Waals surface area contributed by atoms with Crippen molar-refractivity contribution in [2.24, 2.45) is 5.92 Å². The van der Waals surface area contributed by atoms with Gasteiger partial charge in [0.05, 0.1) is 4.88 Å². The minimum atomic E-state index is -0.0636. The second-order valence-electron chi connectivity index (χ2n) is 6.73. The standard InChI is InChI=1S/C18H22N4OS/c1-11-16(12-6-8-22(11)9-7-12)21-17(23)18-20-10-15(24-18)13-4-2-3-5-14(13)19/h2-5,10-12,16H,6-9,19H2,1H3,(H,21,23)/t11-,16-/m0/s1. The van der Waals surface area contributed by atoms with E-state index in [0.29, 0.717) is 22.7 Å². The molecule has 0 aliphatic carbocycles. The Labute approximate surface area is 145 Å². The molecule has 6 heteroatoms. The fourth-order valence-electron chi connectivity index (χ4n) is 3.98. The van der Waals surface area contributed by atoms with Crippen molar-refractivity contribution < 1.29 is 4.79 Å². The first kappa shape index (κ1) is 15.6. The van der Waals surface area contributed by atoms with Crippen LogP contribution in [0.15, 0.2) is 30.5 Å². The Bertz CT molecular complexity index is 749. The van der Waals surface area contributed by atoms with Gasteiger partial charge in [-0.05, 0) is 44.8 Å². The van der Waals surface area contributed by atoms with E-state index in [1.807, 2.05) is 24.3 Å². The van der Waals surface area contributed by atoms with Crippen LogP contribution in [0.5, 0.6) is 0 Å². The molecule has 24 heavy (non-hydrogen) atoms. The number of nitrogens with zero attached hydrogens (tertiary/aromatic N) is 2. The molecule has 1 amide bonds. The van der Waals surface area contributed by atoms with Crippen LogP contribution >= 0.6 is 11.3 Å². The third-order valence-corrected chi connectivity index (χ3v) is 6.43. The third-order valence-electron chi connectivity index (χ3n) is 5.40. The summed E-state index contributed by atoms with van der Waals surface area (Å²) >= 11 is 1.40. The number of carbonyl (C=O) groups excluding carboxylic acids is 1. The predicted molar refractivity (Wildman–Crippen MR) is 97.0 cm³/mol. The van der Waals surface area contributed by atoms with Crippen LogP contribution in [0.3, 0.4) is 0 Å². The summed E-state index contributed by atoms with van der Waals surface area (Å²) in [6.45, 7) is 4.54. The van der Waals surface area contributed by atoms with Crippen molar-refractivity contribution in [3.63, 3.8) is 0 Å². The SMILES string of the molecule is C[C@H]1[C@H](NC(=O)c2ncc(-c3ccccc3N)s2)C2CCN1CC2. The predicted octanol–water partition coefficient (Wildman–Crippen LogP) is 2.60. The Morgan fingerprint density at radius 1 is 1.33 bits per heavy atom. The second-order valence-corrected chi connectivity index (χ2v) is 7.76. The molecule has 1 aromatic carbocycles. The van der Waals surface area contributed by atoms with E-state index in [1.54, 1.807) is 6.20 Å². The minimum absolute atomic E-state index is 0.0636. The molecule has 2 bridgehead atoms. The summed E-state index contributed by atoms with van der Waals surface area (Å²) in [6.07, 6.45) is 4.10. The fourth-order valence-corrected chi connectivity index (χ4v) is 4.85. The van der Waals surface area contributed by atoms with Crippen LogP contribution < -0.4 is 11.1 Å². The summed E-state index contributed by atoms with van der Waals surface area (Å²) in [5.41, 5.74) is 7.66. The molecule has 3 aliphatic rings. The average Bonchev–Trinajstić information content (AvgIpc) is 3.09. The molecule has 126 valence electrons. The number of rotatable bonds is 3. The number of hydrogen-bond donors (Lipinski definition) is 2. The zero-order valence-corrected chi connectivity index (χ0v) is 14.6. The Balaban J connectivity index is 1.51. The summed E-state index contributed by atoms with van der Waals surface area (Å²) in [4.78, 5) is 20.4. The van der Waals surface area contributed by atoms with Crippen LogP contribution in [0.2, 0.25) is 0 Å². The Hall–Kier alpha value is -1.92. The highest BCUT2D eigenvalue weighted by Gasteiger charge is 2.40. The number of para-hydroxylation sites is 1. The molecule has 0 unspecified atom stereocenters. The first-order valence-corrected chi connectivity index (χ1v) is 9.31. The van der Waals surface area contributed by atoms with Crippen molar-refractivity contribution in [1.82, 2.24) is 15.2 Å². The van der Waals surface area contributed by atoms with Crippen LogP contribution in [-0.2, 0) is 0 Å². The number of carbonyl (C=O) groups is 1. The normalized spacial score (nSPS) is 28.7. The number of anilines is 1. The largest absolute Gasteiger partial charge is 0.398 e. The fraction of sp³-hybridized carbons (Fsp3) is 0.444. The number of aromatic nitrogens is 1. The van der Waals surface area contributed by atoms with Gasteiger partial charge in [-0.15, -0.1) is 11.3 Å². The summed E-state index contributed by atoms with van der Waals surface area (Å²) in [7, 11) is 0. The molecule has 3 saturated heterocycles. The van der Waals surface area contributed by atoms with E-state index in [0.717, 1.165) is 23.5 Å². The van der Waals surface area contributed by atoms with Gasteiger partial charge in [0.2, 0.25) is 0 Å². The molecule has 0 radical (unpaired) electrons. The van der Waals surface area contributed by atoms with Crippen molar-refractivity contribution >= 4 is 22.9 Å². The van der Waals surface area contributed by atoms with E-state index in [4.69, 9.17) is 5.73 Å². The monoisotopic (exact) mass is 342 g/mol. The van der Waals surface area contributed by atoms with Gasteiger partial charge in [-0.1, -0.05) is 18.2 Å². The number of benzene rings is 1. The molecule has 5 nitrogen and oxygen atoms in total. The summed E-state index contributed by atoms with van der Waals surface area (Å²) in [5.74, 6) is 0.532. The lowest BCUT2D eigenvalue weighted by molar-refractivity contribution is 0.0217. The highest BCUT2D eigenvalue weighted by molar-refractivity contribution is 7.17. The van der Waals surface area contributed by atoms with Gasteiger partial charge in [-0.2, -0.15) is 0 Å². The van der Waals surface area contributed by atoms with E-state index < -0.39 is 0 Å². The minimum Gasteiger partial charge on any atom is -0.398 e. The van der Waals surface area contributed by atoms with Crippen LogP contribution in [0.4, 0.5) is 5.69 Å². The number of hydrogen-bond acceptors (Lipinski definition) is 5. The van der Waals surface area contributed by atoms with Crippen molar-refractivity contribution in [3.05, 3.63) is 35.5 Å². The first-order chi connectivity index (χ1) is 11.6. The van der Waals surface area contributed by atoms with E-state index in [1.165, 1.54) is 24.2 Å². The second kappa shape index (κ2) is 6.18. The van der Waals surface area contributed by atoms with Gasteiger partial charge in [0.1, 0.15) is 0 Å². The van der Waals surface area contributed by atoms with Gasteiger partial charge in [0.15, 0.2) is 5.01 Å². The molecular weight excluding hydrogens is 320 g/mol. The number of nitrogens with two attached hydrogens (primary N) is 1. The highest BCUT2D eigenvalue weighted by Crippen LogP contribution is 2.33. The molecule has 0 spiro atoms. The Morgan fingerprint density at radius 2 is 2.08 bits per heavy atom. The van der Waals surface area contributed by atoms with Crippen molar-refractivity contribution in [2.75, 3.05) is 18.8 Å². The molecule has 3 N–H and O–H groups in total. The number of fused-ring (bicyclic) bond motifs is 3. The third kappa shape index (κ3) is 2.70. The van der Waals surface area contributed by atoms with Gasteiger partial charge < -0.3 is 11.1 Å². The van der Waals surface area contributed by atoms with Crippen LogP contribution in [0, 0.1) is 5.92 Å². The van der Waals surface area contributed by atoms with Gasteiger partial charge in [-0.25, -0.2) is 4.98 Å². The van der Waals surface area contributed by atoms with E-state index in [2.05, 4.69) is 22.1 Å². The quantitative estimate of drug-likeness (QED) is 0.841. The lowest BCUT2D eigenvalue weighted by atomic mass is 9.79. The smallest absolute Gasteiger partial charge is 0.280 e. The molecular formula is C18H22N4OS.